The lowest BCUT2D eigenvalue weighted by Crippen LogP contribution is -2.22. The first-order valence-corrected chi connectivity index (χ1v) is 7.45. The molecule has 0 amide bonds. The molecule has 1 atom stereocenters. The molecule has 0 radical (unpaired) electrons. The van der Waals surface area contributed by atoms with Crippen molar-refractivity contribution in [2.45, 2.75) is 25.8 Å². The number of rotatable bonds is 4. The number of anilines is 1. The standard InChI is InChI=1S/C16H18Cl2N2/c1-11-14(10-17)6-9-16(19-11)20(3)12(2)13-4-7-15(18)8-5-13/h4-9,12H,10H2,1-3H3. The summed E-state index contributed by atoms with van der Waals surface area (Å²) >= 11 is 11.8. The van der Waals surface area contributed by atoms with Crippen LogP contribution >= 0.6 is 23.2 Å². The lowest BCUT2D eigenvalue weighted by Gasteiger charge is -2.27. The predicted octanol–water partition coefficient (Wildman–Crippen LogP) is 4.98. The Morgan fingerprint density at radius 1 is 1.15 bits per heavy atom. The summed E-state index contributed by atoms with van der Waals surface area (Å²) in [5.74, 6) is 1.44. The molecule has 106 valence electrons. The molecule has 2 nitrogen and oxygen atoms in total. The summed E-state index contributed by atoms with van der Waals surface area (Å²) in [5.41, 5.74) is 3.26. The molecule has 4 heteroatoms. The maximum Gasteiger partial charge on any atom is 0.129 e. The van der Waals surface area contributed by atoms with Crippen LogP contribution in [0.15, 0.2) is 36.4 Å². The molecule has 2 rings (SSSR count). The summed E-state index contributed by atoms with van der Waals surface area (Å²) in [6, 6.07) is 12.2. The van der Waals surface area contributed by atoms with E-state index in [0.717, 1.165) is 22.1 Å². The van der Waals surface area contributed by atoms with Crippen LogP contribution in [0.4, 0.5) is 5.82 Å². The molecule has 1 aromatic carbocycles. The van der Waals surface area contributed by atoms with E-state index in [-0.39, 0.29) is 6.04 Å². The molecule has 20 heavy (non-hydrogen) atoms. The highest BCUT2D eigenvalue weighted by Crippen LogP contribution is 2.25. The van der Waals surface area contributed by atoms with Crippen molar-refractivity contribution in [1.29, 1.82) is 0 Å². The van der Waals surface area contributed by atoms with Crippen molar-refractivity contribution in [2.75, 3.05) is 11.9 Å². The molecule has 1 unspecified atom stereocenters. The number of halogens is 2. The van der Waals surface area contributed by atoms with E-state index in [1.165, 1.54) is 5.56 Å². The van der Waals surface area contributed by atoms with Crippen LogP contribution in [0.25, 0.3) is 0 Å². The SMILES string of the molecule is Cc1nc(N(C)C(C)c2ccc(Cl)cc2)ccc1CCl. The first-order valence-electron chi connectivity index (χ1n) is 6.53. The van der Waals surface area contributed by atoms with Gasteiger partial charge in [0.2, 0.25) is 0 Å². The highest BCUT2D eigenvalue weighted by atomic mass is 35.5. The molecule has 0 aliphatic rings. The van der Waals surface area contributed by atoms with Gasteiger partial charge >= 0.3 is 0 Å². The molecule has 0 aliphatic carbocycles. The minimum Gasteiger partial charge on any atom is -0.353 e. The van der Waals surface area contributed by atoms with E-state index >= 15 is 0 Å². The zero-order valence-corrected chi connectivity index (χ0v) is 13.4. The van der Waals surface area contributed by atoms with Gasteiger partial charge in [0.25, 0.3) is 0 Å². The molecule has 0 aliphatic heterocycles. The highest BCUT2D eigenvalue weighted by Gasteiger charge is 2.14. The van der Waals surface area contributed by atoms with Crippen LogP contribution in [0.2, 0.25) is 5.02 Å². The van der Waals surface area contributed by atoms with Gasteiger partial charge < -0.3 is 4.90 Å². The Morgan fingerprint density at radius 2 is 1.80 bits per heavy atom. The number of benzene rings is 1. The van der Waals surface area contributed by atoms with Crippen LogP contribution in [0.3, 0.4) is 0 Å². The van der Waals surface area contributed by atoms with Crippen molar-refractivity contribution in [3.8, 4) is 0 Å². The number of aryl methyl sites for hydroxylation is 1. The highest BCUT2D eigenvalue weighted by molar-refractivity contribution is 6.30. The van der Waals surface area contributed by atoms with E-state index < -0.39 is 0 Å². The fraction of sp³-hybridized carbons (Fsp3) is 0.312. The summed E-state index contributed by atoms with van der Waals surface area (Å²) in [6.07, 6.45) is 0. The predicted molar refractivity (Wildman–Crippen MR) is 86.8 cm³/mol. The van der Waals surface area contributed by atoms with E-state index in [1.54, 1.807) is 0 Å². The largest absolute Gasteiger partial charge is 0.353 e. The minimum atomic E-state index is 0.223. The van der Waals surface area contributed by atoms with Crippen molar-refractivity contribution >= 4 is 29.0 Å². The lowest BCUT2D eigenvalue weighted by molar-refractivity contribution is 0.727. The van der Waals surface area contributed by atoms with Gasteiger partial charge in [0.15, 0.2) is 0 Å². The first kappa shape index (κ1) is 15.1. The monoisotopic (exact) mass is 308 g/mol. The van der Waals surface area contributed by atoms with Crippen LogP contribution in [0, 0.1) is 6.92 Å². The second-order valence-corrected chi connectivity index (χ2v) is 5.59. The van der Waals surface area contributed by atoms with Crippen LogP contribution in [0.5, 0.6) is 0 Å². The number of pyridine rings is 1. The second kappa shape index (κ2) is 6.47. The second-order valence-electron chi connectivity index (χ2n) is 4.89. The maximum atomic E-state index is 5.93. The van der Waals surface area contributed by atoms with Gasteiger partial charge in [-0.2, -0.15) is 0 Å². The van der Waals surface area contributed by atoms with Gasteiger partial charge in [-0.1, -0.05) is 29.8 Å². The first-order chi connectivity index (χ1) is 9.52. The number of aromatic nitrogens is 1. The number of alkyl halides is 1. The minimum absolute atomic E-state index is 0.223. The Hall–Kier alpha value is -1.25. The molecule has 0 fully saturated rings. The summed E-state index contributed by atoms with van der Waals surface area (Å²) in [7, 11) is 2.04. The number of hydrogen-bond acceptors (Lipinski definition) is 2. The Labute approximate surface area is 130 Å². The van der Waals surface area contributed by atoms with Gasteiger partial charge in [-0.05, 0) is 43.2 Å². The van der Waals surface area contributed by atoms with E-state index in [9.17, 15) is 0 Å². The lowest BCUT2D eigenvalue weighted by atomic mass is 10.1. The smallest absolute Gasteiger partial charge is 0.129 e. The van der Waals surface area contributed by atoms with Crippen molar-refractivity contribution in [3.05, 3.63) is 58.2 Å². The molecule has 0 saturated carbocycles. The molecule has 0 spiro atoms. The summed E-state index contributed by atoms with van der Waals surface area (Å²) in [6.45, 7) is 4.14. The third kappa shape index (κ3) is 3.25. The molecular formula is C16H18Cl2N2. The topological polar surface area (TPSA) is 16.1 Å². The van der Waals surface area contributed by atoms with Crippen molar-refractivity contribution < 1.29 is 0 Å². The molecule has 0 bridgehead atoms. The third-order valence-corrected chi connectivity index (χ3v) is 4.16. The van der Waals surface area contributed by atoms with E-state index in [2.05, 4.69) is 16.8 Å². The molecule has 0 N–H and O–H groups in total. The number of nitrogens with zero attached hydrogens (tertiary/aromatic N) is 2. The van der Waals surface area contributed by atoms with Gasteiger partial charge in [0, 0.05) is 23.6 Å². The van der Waals surface area contributed by atoms with Gasteiger partial charge in [0.1, 0.15) is 5.82 Å². The van der Waals surface area contributed by atoms with Crippen LogP contribution in [-0.2, 0) is 5.88 Å². The zero-order valence-electron chi connectivity index (χ0n) is 11.9. The van der Waals surface area contributed by atoms with Gasteiger partial charge in [-0.3, -0.25) is 0 Å². The van der Waals surface area contributed by atoms with Gasteiger partial charge in [-0.15, -0.1) is 11.6 Å². The number of hydrogen-bond donors (Lipinski definition) is 0. The van der Waals surface area contributed by atoms with Crippen molar-refractivity contribution in [1.82, 2.24) is 4.98 Å². The summed E-state index contributed by atoms with van der Waals surface area (Å²) in [5, 5.41) is 0.754. The van der Waals surface area contributed by atoms with E-state index in [4.69, 9.17) is 23.2 Å². The maximum absolute atomic E-state index is 5.93. The molecule has 0 saturated heterocycles. The quantitative estimate of drug-likeness (QED) is 0.741. The van der Waals surface area contributed by atoms with Crippen LogP contribution in [0.1, 0.15) is 29.8 Å². The zero-order chi connectivity index (χ0) is 14.7. The van der Waals surface area contributed by atoms with E-state index in [1.807, 2.05) is 50.4 Å². The van der Waals surface area contributed by atoms with Crippen molar-refractivity contribution in [3.63, 3.8) is 0 Å². The van der Waals surface area contributed by atoms with Gasteiger partial charge in [-0.25, -0.2) is 4.98 Å². The fourth-order valence-corrected chi connectivity index (χ4v) is 2.49. The fourth-order valence-electron chi connectivity index (χ4n) is 2.08. The van der Waals surface area contributed by atoms with Crippen LogP contribution in [-0.4, -0.2) is 12.0 Å². The van der Waals surface area contributed by atoms with Crippen molar-refractivity contribution in [2.24, 2.45) is 0 Å². The Kier molecular flexibility index (Phi) is 4.90. The van der Waals surface area contributed by atoms with E-state index in [0.29, 0.717) is 5.88 Å². The Balaban J connectivity index is 2.24. The third-order valence-electron chi connectivity index (χ3n) is 3.62. The summed E-state index contributed by atoms with van der Waals surface area (Å²) in [4.78, 5) is 6.77. The average molecular weight is 309 g/mol. The van der Waals surface area contributed by atoms with Crippen LogP contribution < -0.4 is 4.90 Å². The molecular weight excluding hydrogens is 291 g/mol. The Morgan fingerprint density at radius 3 is 2.35 bits per heavy atom. The molecule has 1 aromatic heterocycles. The van der Waals surface area contributed by atoms with Gasteiger partial charge in [0.05, 0.1) is 6.04 Å². The molecule has 1 heterocycles. The molecule has 2 aromatic rings. The Bertz CT molecular complexity index is 582. The summed E-state index contributed by atoms with van der Waals surface area (Å²) < 4.78 is 0. The normalized spacial score (nSPS) is 12.2. The average Bonchev–Trinajstić information content (AvgIpc) is 2.46.